The predicted octanol–water partition coefficient (Wildman–Crippen LogP) is 1.74. The van der Waals surface area contributed by atoms with Gasteiger partial charge in [0.15, 0.2) is 0 Å². The average Bonchev–Trinajstić information content (AvgIpc) is 1.96. The van der Waals surface area contributed by atoms with E-state index in [-0.39, 0.29) is 18.0 Å². The number of cyclic esters (lactones) is 1. The molecule has 0 aliphatic carbocycles. The summed E-state index contributed by atoms with van der Waals surface area (Å²) in [6, 6.07) is 0. The van der Waals surface area contributed by atoms with Gasteiger partial charge < -0.3 is 4.74 Å². The lowest BCUT2D eigenvalue weighted by Crippen LogP contribution is -2.16. The first-order chi connectivity index (χ1) is 4.70. The van der Waals surface area contributed by atoms with Crippen molar-refractivity contribution in [2.75, 3.05) is 0 Å². The van der Waals surface area contributed by atoms with Gasteiger partial charge in [0, 0.05) is 0 Å². The van der Waals surface area contributed by atoms with Gasteiger partial charge in [-0.3, -0.25) is 4.79 Å². The zero-order chi connectivity index (χ0) is 7.56. The Hall–Kier alpha value is -0.530. The molecule has 0 aromatic carbocycles. The van der Waals surface area contributed by atoms with E-state index in [2.05, 4.69) is 0 Å². The van der Waals surface area contributed by atoms with Gasteiger partial charge in [0.25, 0.3) is 0 Å². The lowest BCUT2D eigenvalue weighted by molar-refractivity contribution is -0.151. The van der Waals surface area contributed by atoms with Gasteiger partial charge in [-0.05, 0) is 26.2 Å². The van der Waals surface area contributed by atoms with Crippen LogP contribution >= 0.6 is 0 Å². The van der Waals surface area contributed by atoms with Crippen molar-refractivity contribution in [3.8, 4) is 0 Å². The molecule has 0 saturated carbocycles. The van der Waals surface area contributed by atoms with Crippen molar-refractivity contribution < 1.29 is 9.53 Å². The highest BCUT2D eigenvalue weighted by Gasteiger charge is 2.20. The minimum Gasteiger partial charge on any atom is -0.462 e. The molecule has 1 fully saturated rings. The van der Waals surface area contributed by atoms with Crippen molar-refractivity contribution in [1.82, 2.24) is 0 Å². The van der Waals surface area contributed by atoms with Gasteiger partial charge in [-0.2, -0.15) is 0 Å². The zero-order valence-corrected chi connectivity index (χ0v) is 6.59. The van der Waals surface area contributed by atoms with Crippen LogP contribution in [0.25, 0.3) is 0 Å². The third-order valence-electron chi connectivity index (χ3n) is 1.97. The molecule has 0 amide bonds. The molecule has 1 heterocycles. The van der Waals surface area contributed by atoms with Crippen LogP contribution in [0, 0.1) is 5.92 Å². The van der Waals surface area contributed by atoms with Crippen LogP contribution < -0.4 is 0 Å². The van der Waals surface area contributed by atoms with Crippen LogP contribution in [-0.2, 0) is 9.53 Å². The van der Waals surface area contributed by atoms with E-state index in [9.17, 15) is 4.79 Å². The maximum absolute atomic E-state index is 11.0. The molecule has 0 aromatic heterocycles. The maximum Gasteiger partial charge on any atom is 0.308 e. The van der Waals surface area contributed by atoms with Crippen molar-refractivity contribution in [3.63, 3.8) is 0 Å². The molecule has 2 atom stereocenters. The summed E-state index contributed by atoms with van der Waals surface area (Å²) in [6.07, 6.45) is 3.27. The Morgan fingerprint density at radius 2 is 2.10 bits per heavy atom. The van der Waals surface area contributed by atoms with E-state index in [1.165, 1.54) is 0 Å². The second kappa shape index (κ2) is 3.04. The highest BCUT2D eigenvalue weighted by atomic mass is 16.5. The summed E-state index contributed by atoms with van der Waals surface area (Å²) < 4.78 is 5.08. The van der Waals surface area contributed by atoms with Gasteiger partial charge in [-0.1, -0.05) is 6.92 Å². The fourth-order valence-electron chi connectivity index (χ4n) is 1.20. The minimum atomic E-state index is -0.0231. The molecule has 0 spiro atoms. The summed E-state index contributed by atoms with van der Waals surface area (Å²) in [5.41, 5.74) is 0. The van der Waals surface area contributed by atoms with Crippen molar-refractivity contribution in [1.29, 1.82) is 0 Å². The molecule has 58 valence electrons. The summed E-state index contributed by atoms with van der Waals surface area (Å²) in [5.74, 6) is 0.0925. The molecule has 1 rings (SSSR count). The largest absolute Gasteiger partial charge is 0.462 e. The molecular weight excluding hydrogens is 128 g/mol. The Morgan fingerprint density at radius 3 is 2.80 bits per heavy atom. The minimum absolute atomic E-state index is 0.0231. The summed E-state index contributed by atoms with van der Waals surface area (Å²) in [5, 5.41) is 0. The van der Waals surface area contributed by atoms with Gasteiger partial charge >= 0.3 is 5.97 Å². The monoisotopic (exact) mass is 142 g/mol. The van der Waals surface area contributed by atoms with Gasteiger partial charge in [-0.25, -0.2) is 0 Å². The number of carbonyl (C=O) groups is 1. The smallest absolute Gasteiger partial charge is 0.308 e. The van der Waals surface area contributed by atoms with E-state index < -0.39 is 0 Å². The Kier molecular flexibility index (Phi) is 2.30. The molecule has 1 aliphatic rings. The van der Waals surface area contributed by atoms with Gasteiger partial charge in [0.2, 0.25) is 0 Å². The van der Waals surface area contributed by atoms with Crippen molar-refractivity contribution in [2.45, 2.75) is 39.2 Å². The number of carbonyl (C=O) groups excluding carboxylic acids is 1. The van der Waals surface area contributed by atoms with Crippen LogP contribution in [-0.4, -0.2) is 12.1 Å². The van der Waals surface area contributed by atoms with E-state index in [1.807, 2.05) is 13.8 Å². The van der Waals surface area contributed by atoms with Crippen LogP contribution in [0.5, 0.6) is 0 Å². The summed E-state index contributed by atoms with van der Waals surface area (Å²) >= 11 is 0. The molecule has 1 aliphatic heterocycles. The van der Waals surface area contributed by atoms with E-state index in [0.29, 0.717) is 0 Å². The van der Waals surface area contributed by atoms with Gasteiger partial charge in [0.1, 0.15) is 0 Å². The topological polar surface area (TPSA) is 26.3 Å². The number of rotatable bonds is 0. The summed E-state index contributed by atoms with van der Waals surface area (Å²) in [4.78, 5) is 11.0. The van der Waals surface area contributed by atoms with E-state index >= 15 is 0 Å². The van der Waals surface area contributed by atoms with Gasteiger partial charge in [-0.15, -0.1) is 0 Å². The van der Waals surface area contributed by atoms with Crippen LogP contribution in [0.3, 0.4) is 0 Å². The maximum atomic E-state index is 11.0. The molecule has 1 saturated heterocycles. The quantitative estimate of drug-likeness (QED) is 0.481. The lowest BCUT2D eigenvalue weighted by Gasteiger charge is -2.08. The number of esters is 1. The lowest BCUT2D eigenvalue weighted by atomic mass is 10.1. The van der Waals surface area contributed by atoms with Crippen LogP contribution in [0.1, 0.15) is 33.1 Å². The van der Waals surface area contributed by atoms with Crippen LogP contribution in [0.2, 0.25) is 0 Å². The van der Waals surface area contributed by atoms with E-state index in [4.69, 9.17) is 4.74 Å². The Morgan fingerprint density at radius 1 is 1.40 bits per heavy atom. The SMILES string of the molecule is C[C@H]1CCC[C@H](C)C(=O)O1. The molecule has 2 nitrogen and oxygen atoms in total. The normalized spacial score (nSPS) is 34.8. The highest BCUT2D eigenvalue weighted by molar-refractivity contribution is 5.72. The fourth-order valence-corrected chi connectivity index (χ4v) is 1.20. The first-order valence-corrected chi connectivity index (χ1v) is 3.90. The first-order valence-electron chi connectivity index (χ1n) is 3.90. The third-order valence-corrected chi connectivity index (χ3v) is 1.97. The number of hydrogen-bond donors (Lipinski definition) is 0. The second-order valence-electron chi connectivity index (χ2n) is 3.08. The standard InChI is InChI=1S/C8H14O2/c1-6-4-3-5-7(2)10-8(6)9/h6-7H,3-5H2,1-2H3/t6-,7-/m0/s1. The Balaban J connectivity index is 2.49. The van der Waals surface area contributed by atoms with Crippen molar-refractivity contribution >= 4 is 5.97 Å². The highest BCUT2D eigenvalue weighted by Crippen LogP contribution is 2.18. The molecule has 0 unspecified atom stereocenters. The van der Waals surface area contributed by atoms with E-state index in [1.54, 1.807) is 0 Å². The molecular formula is C8H14O2. The molecule has 0 aromatic rings. The molecule has 0 radical (unpaired) electrons. The van der Waals surface area contributed by atoms with Crippen LogP contribution in [0.4, 0.5) is 0 Å². The van der Waals surface area contributed by atoms with Crippen LogP contribution in [0.15, 0.2) is 0 Å². The molecule has 10 heavy (non-hydrogen) atoms. The number of hydrogen-bond acceptors (Lipinski definition) is 2. The molecule has 2 heteroatoms. The molecule has 0 N–H and O–H groups in total. The van der Waals surface area contributed by atoms with Crippen molar-refractivity contribution in [2.24, 2.45) is 5.92 Å². The second-order valence-corrected chi connectivity index (χ2v) is 3.08. The van der Waals surface area contributed by atoms with E-state index in [0.717, 1.165) is 19.3 Å². The van der Waals surface area contributed by atoms with Gasteiger partial charge in [0.05, 0.1) is 12.0 Å². The zero-order valence-electron chi connectivity index (χ0n) is 6.59. The summed E-state index contributed by atoms with van der Waals surface area (Å²) in [6.45, 7) is 3.89. The average molecular weight is 142 g/mol. The number of ether oxygens (including phenoxy) is 1. The molecule has 0 bridgehead atoms. The Bertz CT molecular complexity index is 131. The predicted molar refractivity (Wildman–Crippen MR) is 38.6 cm³/mol. The third kappa shape index (κ3) is 1.72. The fraction of sp³-hybridized carbons (Fsp3) is 0.875. The Labute approximate surface area is 61.6 Å². The summed E-state index contributed by atoms with van der Waals surface area (Å²) in [7, 11) is 0. The first kappa shape index (κ1) is 7.58. The van der Waals surface area contributed by atoms with Crippen molar-refractivity contribution in [3.05, 3.63) is 0 Å².